The molecule has 0 saturated carbocycles. The van der Waals surface area contributed by atoms with Gasteiger partial charge >= 0.3 is 0 Å². The van der Waals surface area contributed by atoms with E-state index in [2.05, 4.69) is 16.6 Å². The summed E-state index contributed by atoms with van der Waals surface area (Å²) in [7, 11) is 0. The monoisotopic (exact) mass is 568 g/mol. The topological polar surface area (TPSA) is 119 Å². The number of nitrogens with one attached hydrogen (secondary N) is 1. The Hall–Kier alpha value is -2.33. The van der Waals surface area contributed by atoms with E-state index in [1.54, 1.807) is 6.08 Å². The molecule has 0 aromatic heterocycles. The van der Waals surface area contributed by atoms with Gasteiger partial charge < -0.3 is 23.7 Å². The maximum absolute atomic E-state index is 9.31. The number of halogens is 3. The van der Waals surface area contributed by atoms with Gasteiger partial charge in [-0.05, 0) is 16.7 Å². The van der Waals surface area contributed by atoms with Gasteiger partial charge in [-0.1, -0.05) is 107 Å². The molecule has 37 heavy (non-hydrogen) atoms. The van der Waals surface area contributed by atoms with Crippen LogP contribution >= 0.6 is 34.8 Å². The third-order valence-electron chi connectivity index (χ3n) is 5.38. The lowest BCUT2D eigenvalue weighted by Gasteiger charge is -2.44. The van der Waals surface area contributed by atoms with Crippen LogP contribution < -0.4 is 0 Å². The summed E-state index contributed by atoms with van der Waals surface area (Å²) in [4.78, 5) is 2.93. The van der Waals surface area contributed by atoms with E-state index >= 15 is 0 Å². The van der Waals surface area contributed by atoms with E-state index in [-0.39, 0.29) is 19.8 Å². The first-order valence-corrected chi connectivity index (χ1v) is 12.5. The second-order valence-electron chi connectivity index (χ2n) is 8.03. The predicted molar refractivity (Wildman–Crippen MR) is 142 cm³/mol. The first kappa shape index (κ1) is 29.2. The molecule has 0 spiro atoms. The van der Waals surface area contributed by atoms with Crippen molar-refractivity contribution in [1.29, 1.82) is 5.41 Å². The van der Waals surface area contributed by atoms with Gasteiger partial charge in [0, 0.05) is 4.91 Å². The van der Waals surface area contributed by atoms with Crippen molar-refractivity contribution >= 4 is 40.7 Å². The van der Waals surface area contributed by atoms with Gasteiger partial charge in [0.1, 0.15) is 24.4 Å². The van der Waals surface area contributed by atoms with E-state index in [0.717, 1.165) is 11.1 Å². The number of rotatable bonds is 12. The number of ether oxygens (including phenoxy) is 5. The molecular formula is C25H27Cl3N4O5. The van der Waals surface area contributed by atoms with Gasteiger partial charge in [-0.15, -0.1) is 6.58 Å². The van der Waals surface area contributed by atoms with Crippen molar-refractivity contribution in [2.24, 2.45) is 5.11 Å². The predicted octanol–water partition coefficient (Wildman–Crippen LogP) is 6.13. The van der Waals surface area contributed by atoms with Gasteiger partial charge in [0.2, 0.25) is 12.2 Å². The lowest BCUT2D eigenvalue weighted by Crippen LogP contribution is -2.61. The zero-order valence-electron chi connectivity index (χ0n) is 19.8. The number of nitrogens with zero attached hydrogens (tertiary/aromatic N) is 3. The van der Waals surface area contributed by atoms with Crippen molar-refractivity contribution in [2.75, 3.05) is 13.2 Å². The molecule has 0 radical (unpaired) electrons. The third-order valence-corrected chi connectivity index (χ3v) is 5.89. The van der Waals surface area contributed by atoms with Crippen LogP contribution in [0.2, 0.25) is 0 Å². The van der Waals surface area contributed by atoms with Crippen molar-refractivity contribution in [3.05, 3.63) is 94.9 Å². The summed E-state index contributed by atoms with van der Waals surface area (Å²) in [6.07, 6.45) is -2.07. The molecule has 0 unspecified atom stereocenters. The molecular weight excluding hydrogens is 543 g/mol. The van der Waals surface area contributed by atoms with Gasteiger partial charge in [-0.3, -0.25) is 5.41 Å². The van der Waals surface area contributed by atoms with Crippen LogP contribution in [0.3, 0.4) is 0 Å². The first-order valence-electron chi connectivity index (χ1n) is 11.3. The van der Waals surface area contributed by atoms with Crippen molar-refractivity contribution in [3.63, 3.8) is 0 Å². The smallest absolute Gasteiger partial charge is 0.265 e. The molecule has 1 N–H and O–H groups in total. The van der Waals surface area contributed by atoms with Crippen molar-refractivity contribution in [3.8, 4) is 0 Å². The quantitative estimate of drug-likeness (QED) is 0.0627. The second-order valence-corrected chi connectivity index (χ2v) is 10.3. The van der Waals surface area contributed by atoms with Crippen molar-refractivity contribution < 1.29 is 23.7 Å². The average molecular weight is 570 g/mol. The van der Waals surface area contributed by atoms with Crippen LogP contribution in [0.4, 0.5) is 0 Å². The maximum Gasteiger partial charge on any atom is 0.265 e. The Morgan fingerprint density at radius 2 is 1.65 bits per heavy atom. The van der Waals surface area contributed by atoms with Crippen LogP contribution in [0.25, 0.3) is 10.4 Å². The van der Waals surface area contributed by atoms with Gasteiger partial charge in [-0.2, -0.15) is 0 Å². The number of hydrogen-bond donors (Lipinski definition) is 1. The molecule has 198 valence electrons. The number of alkyl halides is 3. The summed E-state index contributed by atoms with van der Waals surface area (Å²) in [5.74, 6) is -0.697. The third kappa shape index (κ3) is 8.88. The van der Waals surface area contributed by atoms with E-state index in [1.165, 1.54) is 0 Å². The molecule has 1 saturated heterocycles. The number of hydrogen-bond acceptors (Lipinski definition) is 7. The maximum atomic E-state index is 9.31. The highest BCUT2D eigenvalue weighted by Gasteiger charge is 2.49. The van der Waals surface area contributed by atoms with Crippen LogP contribution in [0.5, 0.6) is 0 Å². The Morgan fingerprint density at radius 3 is 2.22 bits per heavy atom. The van der Waals surface area contributed by atoms with Crippen LogP contribution in [-0.4, -0.2) is 53.5 Å². The summed E-state index contributed by atoms with van der Waals surface area (Å²) in [6.45, 7) is 4.46. The molecule has 0 bridgehead atoms. The van der Waals surface area contributed by atoms with Crippen LogP contribution in [-0.2, 0) is 36.9 Å². The highest BCUT2D eigenvalue weighted by atomic mass is 35.6. The molecule has 0 aliphatic carbocycles. The van der Waals surface area contributed by atoms with Gasteiger partial charge in [0.05, 0.1) is 26.4 Å². The van der Waals surface area contributed by atoms with Gasteiger partial charge in [0.25, 0.3) is 3.79 Å². The second kappa shape index (κ2) is 14.6. The lowest BCUT2D eigenvalue weighted by atomic mass is 9.96. The summed E-state index contributed by atoms with van der Waals surface area (Å²) >= 11 is 17.5. The van der Waals surface area contributed by atoms with Crippen LogP contribution in [0.15, 0.2) is 78.4 Å². The minimum Gasteiger partial charge on any atom is -0.448 e. The molecule has 12 heteroatoms. The Bertz CT molecular complexity index is 1050. The molecule has 2 aromatic rings. The minimum absolute atomic E-state index is 0.0752. The highest BCUT2D eigenvalue weighted by molar-refractivity contribution is 6.76. The molecule has 1 aliphatic rings. The van der Waals surface area contributed by atoms with Crippen LogP contribution in [0.1, 0.15) is 11.1 Å². The normalized spacial score (nSPS) is 23.6. The highest BCUT2D eigenvalue weighted by Crippen LogP contribution is 2.34. The average Bonchev–Trinajstić information content (AvgIpc) is 2.89. The summed E-state index contributed by atoms with van der Waals surface area (Å²) in [5, 5.41) is 11.9. The first-order chi connectivity index (χ1) is 17.8. The molecule has 1 fully saturated rings. The van der Waals surface area contributed by atoms with Crippen molar-refractivity contribution in [2.45, 2.75) is 47.7 Å². The fraction of sp³-hybridized carbons (Fsp3) is 0.400. The Morgan fingerprint density at radius 1 is 1.03 bits per heavy atom. The molecule has 2 aromatic carbocycles. The van der Waals surface area contributed by atoms with Gasteiger partial charge in [-0.25, -0.2) is 0 Å². The molecule has 5 atom stereocenters. The van der Waals surface area contributed by atoms with E-state index in [0.29, 0.717) is 6.61 Å². The zero-order valence-corrected chi connectivity index (χ0v) is 22.1. The van der Waals surface area contributed by atoms with Crippen molar-refractivity contribution in [1.82, 2.24) is 0 Å². The standard InChI is InChI=1S/C25H27Cl3N4O5/c1-2-13-34-21-19(16-33-14-17-9-5-3-6-10-17)36-23(37-24(29)25(26,27)28)20(31-32-30)22(21)35-15-18-11-7-4-8-12-18/h2-12,19-23,29H,1,13-16H2/t19-,20-,21-,22-,23-/m1/s1. The fourth-order valence-electron chi connectivity index (χ4n) is 3.69. The Balaban J connectivity index is 1.88. The van der Waals surface area contributed by atoms with Crippen LogP contribution in [0, 0.1) is 5.41 Å². The molecule has 3 rings (SSSR count). The molecule has 1 aliphatic heterocycles. The van der Waals surface area contributed by atoms with Gasteiger partial charge in [0.15, 0.2) is 0 Å². The van der Waals surface area contributed by atoms with E-state index in [9.17, 15) is 5.53 Å². The number of benzene rings is 2. The lowest BCUT2D eigenvalue weighted by molar-refractivity contribution is -0.265. The fourth-order valence-corrected chi connectivity index (χ4v) is 3.83. The summed E-state index contributed by atoms with van der Waals surface area (Å²) in [5.41, 5.74) is 11.2. The summed E-state index contributed by atoms with van der Waals surface area (Å²) < 4.78 is 27.6. The molecule has 0 amide bonds. The summed E-state index contributed by atoms with van der Waals surface area (Å²) in [6, 6.07) is 18.0. The molecule has 1 heterocycles. The molecule has 9 nitrogen and oxygen atoms in total. The van der Waals surface area contributed by atoms with E-state index < -0.39 is 40.3 Å². The Labute approximate surface area is 230 Å². The largest absolute Gasteiger partial charge is 0.448 e. The Kier molecular flexibility index (Phi) is 11.5. The SMILES string of the molecule is C=CCO[C@H]1[C@H](OCc2ccccc2)[C@@H](N=[N+]=[N-])[C@@H](OC(=N)C(Cl)(Cl)Cl)O[C@@H]1COCc1ccccc1. The zero-order chi connectivity index (χ0) is 26.7. The number of azide groups is 1. The van der Waals surface area contributed by atoms with E-state index in [1.807, 2.05) is 60.7 Å². The van der Waals surface area contributed by atoms with E-state index in [4.69, 9.17) is 63.9 Å². The minimum atomic E-state index is -2.15.